The molecule has 0 radical (unpaired) electrons. The Kier molecular flexibility index (Phi) is 7.02. The van der Waals surface area contributed by atoms with Crippen LogP contribution in [0.25, 0.3) is 11.0 Å². The predicted octanol–water partition coefficient (Wildman–Crippen LogP) is 4.23. The second-order valence-electron chi connectivity index (χ2n) is 8.52. The first kappa shape index (κ1) is 24.2. The minimum atomic E-state index is -0.290. The number of nitrogens with zero attached hydrogens (tertiary/aromatic N) is 2. The number of hydrogen-bond acceptors (Lipinski definition) is 5. The van der Waals surface area contributed by atoms with Crippen molar-refractivity contribution in [2.75, 3.05) is 14.2 Å². The number of carbonyl (C=O) groups excluding carboxylic acids is 1. The lowest BCUT2D eigenvalue weighted by molar-refractivity contribution is 0.0627. The molecule has 0 aliphatic rings. The molecule has 0 saturated heterocycles. The number of aromatic amines is 1. The van der Waals surface area contributed by atoms with Crippen molar-refractivity contribution in [1.29, 1.82) is 0 Å². The van der Waals surface area contributed by atoms with E-state index in [0.717, 1.165) is 16.6 Å². The summed E-state index contributed by atoms with van der Waals surface area (Å²) in [4.78, 5) is 33.3. The Morgan fingerprint density at radius 3 is 2.57 bits per heavy atom. The molecule has 3 heterocycles. The van der Waals surface area contributed by atoms with Crippen molar-refractivity contribution in [2.24, 2.45) is 0 Å². The van der Waals surface area contributed by atoms with E-state index in [4.69, 9.17) is 9.47 Å². The number of ether oxygens (including phenoxy) is 2. The highest BCUT2D eigenvalue weighted by molar-refractivity contribution is 6.07. The molecule has 3 aromatic heterocycles. The standard InChI is InChI=1S/C27H30N4O4/c1-16-14-22(34-4)21(26(32)30-16)15-29-27(33)23-17(2)31(25-20(23)12-9-13-28-25)18(3)24(35-5)19-10-7-6-8-11-19/h6-14,18,24H,15H2,1-5H3,(H,29,33)(H,30,32). The van der Waals surface area contributed by atoms with Crippen LogP contribution in [0, 0.1) is 13.8 Å². The van der Waals surface area contributed by atoms with Crippen molar-refractivity contribution in [3.05, 3.63) is 93.2 Å². The summed E-state index contributed by atoms with van der Waals surface area (Å²) >= 11 is 0. The molecular weight excluding hydrogens is 444 g/mol. The average molecular weight is 475 g/mol. The van der Waals surface area contributed by atoms with Gasteiger partial charge in [-0.05, 0) is 44.5 Å². The van der Waals surface area contributed by atoms with Crippen LogP contribution in [0.3, 0.4) is 0 Å². The second-order valence-corrected chi connectivity index (χ2v) is 8.52. The molecule has 4 rings (SSSR count). The normalized spacial score (nSPS) is 12.9. The van der Waals surface area contributed by atoms with Gasteiger partial charge in [0.2, 0.25) is 0 Å². The van der Waals surface area contributed by atoms with Gasteiger partial charge in [0, 0.05) is 30.1 Å². The molecule has 0 saturated carbocycles. The van der Waals surface area contributed by atoms with Crippen molar-refractivity contribution in [1.82, 2.24) is 19.9 Å². The van der Waals surface area contributed by atoms with E-state index in [2.05, 4.69) is 22.2 Å². The molecule has 1 amide bonds. The first-order valence-corrected chi connectivity index (χ1v) is 11.5. The summed E-state index contributed by atoms with van der Waals surface area (Å²) in [6.45, 7) is 5.77. The third-order valence-electron chi connectivity index (χ3n) is 6.34. The second kappa shape index (κ2) is 10.1. The van der Waals surface area contributed by atoms with E-state index in [9.17, 15) is 9.59 Å². The zero-order valence-corrected chi connectivity index (χ0v) is 20.6. The zero-order chi connectivity index (χ0) is 25.1. The zero-order valence-electron chi connectivity index (χ0n) is 20.6. The van der Waals surface area contributed by atoms with Crippen LogP contribution < -0.4 is 15.6 Å². The maximum Gasteiger partial charge on any atom is 0.256 e. The molecule has 1 aromatic carbocycles. The van der Waals surface area contributed by atoms with E-state index < -0.39 is 0 Å². The van der Waals surface area contributed by atoms with Crippen LogP contribution >= 0.6 is 0 Å². The number of amides is 1. The van der Waals surface area contributed by atoms with Crippen LogP contribution in [-0.4, -0.2) is 34.7 Å². The fourth-order valence-corrected chi connectivity index (χ4v) is 4.73. The molecule has 8 nitrogen and oxygen atoms in total. The Hall–Kier alpha value is -3.91. The average Bonchev–Trinajstić information content (AvgIpc) is 3.15. The van der Waals surface area contributed by atoms with Gasteiger partial charge in [0.1, 0.15) is 17.5 Å². The number of H-pyrrole nitrogens is 1. The molecule has 2 N–H and O–H groups in total. The highest BCUT2D eigenvalue weighted by Gasteiger charge is 2.28. The van der Waals surface area contributed by atoms with Gasteiger partial charge in [0.15, 0.2) is 0 Å². The van der Waals surface area contributed by atoms with Gasteiger partial charge >= 0.3 is 0 Å². The number of aryl methyl sites for hydroxylation is 1. The van der Waals surface area contributed by atoms with Gasteiger partial charge in [0.05, 0.1) is 30.8 Å². The van der Waals surface area contributed by atoms with Crippen molar-refractivity contribution in [3.8, 4) is 5.75 Å². The molecule has 4 aromatic rings. The predicted molar refractivity (Wildman–Crippen MR) is 135 cm³/mol. The minimum absolute atomic E-state index is 0.0320. The molecule has 8 heteroatoms. The lowest BCUT2D eigenvalue weighted by Crippen LogP contribution is -2.28. The van der Waals surface area contributed by atoms with Crippen molar-refractivity contribution in [3.63, 3.8) is 0 Å². The fourth-order valence-electron chi connectivity index (χ4n) is 4.73. The number of carbonyl (C=O) groups is 1. The summed E-state index contributed by atoms with van der Waals surface area (Å²) in [5.41, 5.74) is 3.79. The van der Waals surface area contributed by atoms with Gasteiger partial charge in [-0.2, -0.15) is 0 Å². The van der Waals surface area contributed by atoms with E-state index in [1.54, 1.807) is 26.3 Å². The summed E-state index contributed by atoms with van der Waals surface area (Å²) in [5.74, 6) is 0.147. The van der Waals surface area contributed by atoms with Gasteiger partial charge in [-0.1, -0.05) is 30.3 Å². The van der Waals surface area contributed by atoms with Crippen LogP contribution in [0.15, 0.2) is 59.5 Å². The number of aromatic nitrogens is 3. The van der Waals surface area contributed by atoms with Gasteiger partial charge < -0.3 is 24.3 Å². The summed E-state index contributed by atoms with van der Waals surface area (Å²) in [5, 5.41) is 3.64. The molecule has 0 fully saturated rings. The highest BCUT2D eigenvalue weighted by atomic mass is 16.5. The summed E-state index contributed by atoms with van der Waals surface area (Å²) < 4.78 is 13.3. The number of benzene rings is 1. The molecule has 0 aliphatic carbocycles. The maximum absolute atomic E-state index is 13.4. The van der Waals surface area contributed by atoms with Crippen LogP contribution in [-0.2, 0) is 11.3 Å². The lowest BCUT2D eigenvalue weighted by atomic mass is 10.0. The number of hydrogen-bond donors (Lipinski definition) is 2. The molecule has 2 unspecified atom stereocenters. The third-order valence-corrected chi connectivity index (χ3v) is 6.34. The summed E-state index contributed by atoms with van der Waals surface area (Å²) in [7, 11) is 3.19. The van der Waals surface area contributed by atoms with Crippen molar-refractivity contribution < 1.29 is 14.3 Å². The molecule has 182 valence electrons. The number of rotatable bonds is 8. The van der Waals surface area contributed by atoms with E-state index in [1.165, 1.54) is 7.11 Å². The Morgan fingerprint density at radius 2 is 1.89 bits per heavy atom. The Balaban J connectivity index is 1.72. The highest BCUT2D eigenvalue weighted by Crippen LogP contribution is 2.35. The van der Waals surface area contributed by atoms with E-state index in [-0.39, 0.29) is 30.2 Å². The molecule has 35 heavy (non-hydrogen) atoms. The monoisotopic (exact) mass is 474 g/mol. The number of methoxy groups -OCH3 is 2. The lowest BCUT2D eigenvalue weighted by Gasteiger charge is -2.26. The van der Waals surface area contributed by atoms with Crippen LogP contribution in [0.4, 0.5) is 0 Å². The number of fused-ring (bicyclic) bond motifs is 1. The van der Waals surface area contributed by atoms with Gasteiger partial charge in [0.25, 0.3) is 11.5 Å². The van der Waals surface area contributed by atoms with Crippen LogP contribution in [0.5, 0.6) is 5.75 Å². The smallest absolute Gasteiger partial charge is 0.256 e. The summed E-state index contributed by atoms with van der Waals surface area (Å²) in [6.07, 6.45) is 1.48. The Bertz CT molecular complexity index is 1410. The van der Waals surface area contributed by atoms with Gasteiger partial charge in [-0.15, -0.1) is 0 Å². The largest absolute Gasteiger partial charge is 0.496 e. The first-order chi connectivity index (χ1) is 16.9. The van der Waals surface area contributed by atoms with E-state index in [0.29, 0.717) is 28.2 Å². The van der Waals surface area contributed by atoms with Gasteiger partial charge in [-0.3, -0.25) is 9.59 Å². The molecule has 0 bridgehead atoms. The number of nitrogens with one attached hydrogen (secondary N) is 2. The quantitative estimate of drug-likeness (QED) is 0.398. The SMILES string of the molecule is COc1cc(C)[nH]c(=O)c1CNC(=O)c1c(C)n(C(C)C(OC)c2ccccc2)c2ncccc12. The molecule has 0 aliphatic heterocycles. The minimum Gasteiger partial charge on any atom is -0.496 e. The van der Waals surface area contributed by atoms with Crippen LogP contribution in [0.1, 0.15) is 51.9 Å². The first-order valence-electron chi connectivity index (χ1n) is 11.5. The van der Waals surface area contributed by atoms with Crippen LogP contribution in [0.2, 0.25) is 0 Å². The topological polar surface area (TPSA) is 98.2 Å². The van der Waals surface area contributed by atoms with Crippen molar-refractivity contribution >= 4 is 16.9 Å². The molecular formula is C27H30N4O4. The summed E-state index contributed by atoms with van der Waals surface area (Å²) in [6, 6.07) is 15.3. The fraction of sp³-hybridized carbons (Fsp3) is 0.296. The van der Waals surface area contributed by atoms with E-state index in [1.807, 2.05) is 54.0 Å². The van der Waals surface area contributed by atoms with E-state index >= 15 is 0 Å². The Morgan fingerprint density at radius 1 is 1.14 bits per heavy atom. The maximum atomic E-state index is 13.4. The molecule has 0 spiro atoms. The van der Waals surface area contributed by atoms with Gasteiger partial charge in [-0.25, -0.2) is 4.98 Å². The Labute approximate surface area is 203 Å². The van der Waals surface area contributed by atoms with Crippen molar-refractivity contribution in [2.45, 2.75) is 39.5 Å². The third kappa shape index (κ3) is 4.57. The number of pyridine rings is 2. The molecule has 2 atom stereocenters.